The first-order chi connectivity index (χ1) is 8.95. The van der Waals surface area contributed by atoms with E-state index in [4.69, 9.17) is 9.26 Å². The van der Waals surface area contributed by atoms with Crippen molar-refractivity contribution in [3.05, 3.63) is 24.2 Å². The van der Waals surface area contributed by atoms with Gasteiger partial charge in [0, 0.05) is 17.8 Å². The summed E-state index contributed by atoms with van der Waals surface area (Å²) >= 11 is 0. The molecule has 0 aliphatic carbocycles. The fourth-order valence-electron chi connectivity index (χ4n) is 1.45. The van der Waals surface area contributed by atoms with E-state index in [0.29, 0.717) is 11.7 Å². The first kappa shape index (κ1) is 13.5. The summed E-state index contributed by atoms with van der Waals surface area (Å²) in [7, 11) is 1.54. The first-order valence-electron chi connectivity index (χ1n) is 6.02. The molecular formula is C13H17N3O3. The van der Waals surface area contributed by atoms with E-state index in [2.05, 4.69) is 15.1 Å². The Morgan fingerprint density at radius 3 is 2.79 bits per heavy atom. The molecule has 0 amide bonds. The summed E-state index contributed by atoms with van der Waals surface area (Å²) in [5, 5.41) is 14.2. The topological polar surface area (TPSA) is 81.3 Å². The van der Waals surface area contributed by atoms with Crippen molar-refractivity contribution >= 4 is 0 Å². The zero-order valence-corrected chi connectivity index (χ0v) is 11.4. The number of aliphatic hydroxyl groups is 1. The van der Waals surface area contributed by atoms with E-state index >= 15 is 0 Å². The van der Waals surface area contributed by atoms with E-state index in [9.17, 15) is 5.11 Å². The van der Waals surface area contributed by atoms with Crippen LogP contribution in [0.5, 0.6) is 5.88 Å². The smallest absolute Gasteiger partial charge is 0.258 e. The van der Waals surface area contributed by atoms with E-state index in [-0.39, 0.29) is 11.8 Å². The van der Waals surface area contributed by atoms with Crippen LogP contribution in [0.3, 0.4) is 0 Å². The number of rotatable bonds is 4. The third-order valence-corrected chi connectivity index (χ3v) is 3.19. The first-order valence-corrected chi connectivity index (χ1v) is 6.02. The molecule has 0 fully saturated rings. The molecule has 6 nitrogen and oxygen atoms in total. The summed E-state index contributed by atoms with van der Waals surface area (Å²) in [6.07, 6.45) is 1.60. The van der Waals surface area contributed by atoms with Gasteiger partial charge in [-0.05, 0) is 18.9 Å². The van der Waals surface area contributed by atoms with Gasteiger partial charge in [-0.3, -0.25) is 0 Å². The highest BCUT2D eigenvalue weighted by Crippen LogP contribution is 2.29. The lowest BCUT2D eigenvalue weighted by Gasteiger charge is -2.22. The van der Waals surface area contributed by atoms with Crippen LogP contribution in [0.4, 0.5) is 0 Å². The predicted octanol–water partition coefficient (Wildman–Crippen LogP) is 2.00. The van der Waals surface area contributed by atoms with Gasteiger partial charge in [0.05, 0.1) is 7.11 Å². The molecule has 102 valence electrons. The summed E-state index contributed by atoms with van der Waals surface area (Å²) < 4.78 is 10.2. The average molecular weight is 263 g/mol. The van der Waals surface area contributed by atoms with Crippen LogP contribution in [0, 0.1) is 5.92 Å². The van der Waals surface area contributed by atoms with Crippen molar-refractivity contribution in [3.63, 3.8) is 0 Å². The van der Waals surface area contributed by atoms with Crippen LogP contribution in [0.2, 0.25) is 0 Å². The van der Waals surface area contributed by atoms with E-state index in [0.717, 1.165) is 5.56 Å². The second kappa shape index (κ2) is 4.97. The molecule has 0 aliphatic rings. The van der Waals surface area contributed by atoms with E-state index in [1.807, 2.05) is 13.8 Å². The Kier molecular flexibility index (Phi) is 3.53. The lowest BCUT2D eigenvalue weighted by Crippen LogP contribution is -2.28. The van der Waals surface area contributed by atoms with Crippen molar-refractivity contribution in [2.75, 3.05) is 7.11 Å². The second-order valence-corrected chi connectivity index (χ2v) is 4.81. The van der Waals surface area contributed by atoms with Crippen LogP contribution in [0.15, 0.2) is 22.9 Å². The minimum absolute atomic E-state index is 0.0345. The minimum Gasteiger partial charge on any atom is -0.481 e. The average Bonchev–Trinajstić information content (AvgIpc) is 2.89. The Morgan fingerprint density at radius 2 is 2.16 bits per heavy atom. The maximum absolute atomic E-state index is 10.3. The van der Waals surface area contributed by atoms with Crippen molar-refractivity contribution in [2.24, 2.45) is 5.92 Å². The third-order valence-electron chi connectivity index (χ3n) is 3.19. The largest absolute Gasteiger partial charge is 0.481 e. The van der Waals surface area contributed by atoms with Gasteiger partial charge in [-0.15, -0.1) is 0 Å². The summed E-state index contributed by atoms with van der Waals surface area (Å²) in [5.41, 5.74) is -0.427. The Morgan fingerprint density at radius 1 is 1.42 bits per heavy atom. The Labute approximate surface area is 111 Å². The highest BCUT2D eigenvalue weighted by Gasteiger charge is 2.33. The monoisotopic (exact) mass is 263 g/mol. The molecule has 0 spiro atoms. The van der Waals surface area contributed by atoms with Gasteiger partial charge in [0.25, 0.3) is 5.89 Å². The normalized spacial score (nSPS) is 14.4. The number of nitrogens with zero attached hydrogens (tertiary/aromatic N) is 3. The lowest BCUT2D eigenvalue weighted by atomic mass is 9.92. The Bertz CT molecular complexity index is 564. The summed E-state index contributed by atoms with van der Waals surface area (Å²) in [6.45, 7) is 5.43. The highest BCUT2D eigenvalue weighted by molar-refractivity contribution is 5.55. The lowest BCUT2D eigenvalue weighted by molar-refractivity contribution is -0.0205. The van der Waals surface area contributed by atoms with Gasteiger partial charge in [0.15, 0.2) is 0 Å². The van der Waals surface area contributed by atoms with Gasteiger partial charge < -0.3 is 14.4 Å². The van der Waals surface area contributed by atoms with Gasteiger partial charge in [-0.2, -0.15) is 4.98 Å². The molecule has 2 heterocycles. The molecular weight excluding hydrogens is 246 g/mol. The van der Waals surface area contributed by atoms with Crippen LogP contribution in [-0.4, -0.2) is 27.3 Å². The molecule has 19 heavy (non-hydrogen) atoms. The molecule has 1 atom stereocenters. The molecule has 0 saturated carbocycles. The fourth-order valence-corrected chi connectivity index (χ4v) is 1.45. The van der Waals surface area contributed by atoms with Gasteiger partial charge in [0.1, 0.15) is 5.60 Å². The minimum atomic E-state index is -1.15. The van der Waals surface area contributed by atoms with Gasteiger partial charge in [-0.25, -0.2) is 4.98 Å². The van der Waals surface area contributed by atoms with Crippen molar-refractivity contribution in [1.29, 1.82) is 0 Å². The SMILES string of the molecule is COc1cc(-c2noc(C(C)(O)C(C)C)n2)ccn1. The van der Waals surface area contributed by atoms with E-state index < -0.39 is 5.60 Å². The number of hydrogen-bond donors (Lipinski definition) is 1. The van der Waals surface area contributed by atoms with Crippen molar-refractivity contribution in [2.45, 2.75) is 26.4 Å². The Balaban J connectivity index is 2.35. The zero-order valence-electron chi connectivity index (χ0n) is 11.4. The van der Waals surface area contributed by atoms with Crippen LogP contribution < -0.4 is 4.74 Å². The molecule has 0 saturated heterocycles. The predicted molar refractivity (Wildman–Crippen MR) is 68.5 cm³/mol. The van der Waals surface area contributed by atoms with Crippen molar-refractivity contribution < 1.29 is 14.4 Å². The molecule has 2 rings (SSSR count). The quantitative estimate of drug-likeness (QED) is 0.908. The van der Waals surface area contributed by atoms with Crippen LogP contribution in [0.1, 0.15) is 26.7 Å². The molecule has 0 radical (unpaired) electrons. The van der Waals surface area contributed by atoms with E-state index in [1.165, 1.54) is 7.11 Å². The third kappa shape index (κ3) is 2.58. The number of hydrogen-bond acceptors (Lipinski definition) is 6. The van der Waals surface area contributed by atoms with Crippen LogP contribution >= 0.6 is 0 Å². The fraction of sp³-hybridized carbons (Fsp3) is 0.462. The Hall–Kier alpha value is -1.95. The molecule has 0 aromatic carbocycles. The van der Waals surface area contributed by atoms with Crippen molar-refractivity contribution in [1.82, 2.24) is 15.1 Å². The summed E-state index contributed by atoms with van der Waals surface area (Å²) in [4.78, 5) is 8.25. The summed E-state index contributed by atoms with van der Waals surface area (Å²) in [6, 6.07) is 3.46. The molecule has 1 unspecified atom stereocenters. The maximum atomic E-state index is 10.3. The molecule has 6 heteroatoms. The zero-order chi connectivity index (χ0) is 14.0. The number of ether oxygens (including phenoxy) is 1. The molecule has 2 aromatic rings. The number of methoxy groups -OCH3 is 1. The molecule has 0 bridgehead atoms. The maximum Gasteiger partial charge on any atom is 0.258 e. The van der Waals surface area contributed by atoms with Crippen LogP contribution in [0.25, 0.3) is 11.4 Å². The highest BCUT2D eigenvalue weighted by atomic mass is 16.5. The molecule has 0 aliphatic heterocycles. The second-order valence-electron chi connectivity index (χ2n) is 4.81. The van der Waals surface area contributed by atoms with Gasteiger partial charge in [-0.1, -0.05) is 19.0 Å². The number of aromatic nitrogens is 3. The van der Waals surface area contributed by atoms with Crippen molar-refractivity contribution in [3.8, 4) is 17.3 Å². The van der Waals surface area contributed by atoms with Crippen LogP contribution in [-0.2, 0) is 5.60 Å². The van der Waals surface area contributed by atoms with Gasteiger partial charge in [0.2, 0.25) is 11.7 Å². The van der Waals surface area contributed by atoms with Gasteiger partial charge >= 0.3 is 0 Å². The summed E-state index contributed by atoms with van der Waals surface area (Å²) in [5.74, 6) is 1.04. The number of pyridine rings is 1. The molecule has 1 N–H and O–H groups in total. The standard InChI is InChI=1S/C13H17N3O3/c1-8(2)13(3,17)12-15-11(16-19-12)9-5-6-14-10(7-9)18-4/h5-8,17H,1-4H3. The molecule has 2 aromatic heterocycles. The van der Waals surface area contributed by atoms with E-state index in [1.54, 1.807) is 25.3 Å².